The highest BCUT2D eigenvalue weighted by Crippen LogP contribution is 2.24. The molecule has 1 aromatic rings. The number of nitrogens with zero attached hydrogens (tertiary/aromatic N) is 1. The number of hydrogen-bond acceptors (Lipinski definition) is 4. The third kappa shape index (κ3) is 3.53. The molecule has 0 amide bonds. The summed E-state index contributed by atoms with van der Waals surface area (Å²) in [5.74, 6) is 1.03. The summed E-state index contributed by atoms with van der Waals surface area (Å²) in [7, 11) is 3.48. The topological polar surface area (TPSA) is 51.2 Å². The lowest BCUT2D eigenvalue weighted by Crippen LogP contribution is -2.15. The molecule has 0 bridgehead atoms. The minimum atomic E-state index is 0.195. The molecule has 0 aliphatic heterocycles. The monoisotopic (exact) mass is 236 g/mol. The van der Waals surface area contributed by atoms with Gasteiger partial charge in [0.25, 0.3) is 0 Å². The Labute approximate surface area is 102 Å². The second-order valence-electron chi connectivity index (χ2n) is 4.12. The summed E-state index contributed by atoms with van der Waals surface area (Å²) in [6, 6.07) is 0. The van der Waals surface area contributed by atoms with Gasteiger partial charge in [0.05, 0.1) is 12.8 Å². The fourth-order valence-electron chi connectivity index (χ4n) is 1.79. The van der Waals surface area contributed by atoms with E-state index in [1.165, 1.54) is 0 Å². The quantitative estimate of drug-likeness (QED) is 0.811. The Morgan fingerprint density at radius 3 is 2.76 bits per heavy atom. The van der Waals surface area contributed by atoms with Gasteiger partial charge in [-0.2, -0.15) is 0 Å². The van der Waals surface area contributed by atoms with Crippen LogP contribution in [-0.2, 0) is 11.2 Å². The predicted octanol–water partition coefficient (Wildman–Crippen LogP) is 1.43. The highest BCUT2D eigenvalue weighted by atomic mass is 16.5. The number of carbonyl (C=O) groups is 1. The van der Waals surface area contributed by atoms with Crippen LogP contribution in [0.25, 0.3) is 0 Å². The number of nitrogens with one attached hydrogen (secondary N) is 1. The Bertz CT molecular complexity index is 403. The number of aromatic nitrogens is 1. The van der Waals surface area contributed by atoms with E-state index in [1.54, 1.807) is 13.3 Å². The zero-order valence-corrected chi connectivity index (χ0v) is 11.0. The molecule has 0 radical (unpaired) electrons. The van der Waals surface area contributed by atoms with Crippen molar-refractivity contribution in [2.24, 2.45) is 0 Å². The first-order valence-electron chi connectivity index (χ1n) is 5.75. The Morgan fingerprint density at radius 2 is 2.18 bits per heavy atom. The maximum Gasteiger partial charge on any atom is 0.140 e. The molecule has 94 valence electrons. The van der Waals surface area contributed by atoms with Gasteiger partial charge < -0.3 is 10.1 Å². The molecule has 1 aromatic heterocycles. The predicted molar refractivity (Wildman–Crippen MR) is 67.5 cm³/mol. The summed E-state index contributed by atoms with van der Waals surface area (Å²) in [4.78, 5) is 16.0. The van der Waals surface area contributed by atoms with Crippen molar-refractivity contribution in [3.8, 4) is 5.75 Å². The second-order valence-corrected chi connectivity index (χ2v) is 4.12. The lowest BCUT2D eigenvalue weighted by atomic mass is 10.1. The molecule has 0 fully saturated rings. The number of aryl methyl sites for hydroxylation is 1. The van der Waals surface area contributed by atoms with E-state index in [0.717, 1.165) is 22.6 Å². The molecule has 0 saturated carbocycles. The largest absolute Gasteiger partial charge is 0.496 e. The van der Waals surface area contributed by atoms with Gasteiger partial charge in [-0.05, 0) is 20.9 Å². The highest BCUT2D eigenvalue weighted by Gasteiger charge is 2.12. The average Bonchev–Trinajstić information content (AvgIpc) is 2.31. The van der Waals surface area contributed by atoms with Crippen molar-refractivity contribution in [1.82, 2.24) is 10.3 Å². The van der Waals surface area contributed by atoms with Crippen LogP contribution in [0.4, 0.5) is 0 Å². The molecular weight excluding hydrogens is 216 g/mol. The zero-order valence-electron chi connectivity index (χ0n) is 11.0. The first-order chi connectivity index (χ1) is 8.10. The fraction of sp³-hybridized carbons (Fsp3) is 0.538. The fourth-order valence-corrected chi connectivity index (χ4v) is 1.79. The highest BCUT2D eigenvalue weighted by molar-refractivity contribution is 5.81. The van der Waals surface area contributed by atoms with Gasteiger partial charge >= 0.3 is 0 Å². The first kappa shape index (κ1) is 13.6. The standard InChI is InChI=1S/C13H20N2O2/c1-9-8-15-12(10(2)13(9)17-4)7-11(16)5-6-14-3/h8,14H,5-7H2,1-4H3. The number of methoxy groups -OCH3 is 1. The molecule has 1 heterocycles. The van der Waals surface area contributed by atoms with Gasteiger partial charge in [-0.25, -0.2) is 0 Å². The van der Waals surface area contributed by atoms with E-state index < -0.39 is 0 Å². The number of Topliss-reactive ketones (excluding diaryl/α,β-unsaturated/α-hetero) is 1. The van der Waals surface area contributed by atoms with Crippen molar-refractivity contribution in [2.45, 2.75) is 26.7 Å². The lowest BCUT2D eigenvalue weighted by molar-refractivity contribution is -0.118. The van der Waals surface area contributed by atoms with Crippen molar-refractivity contribution in [3.63, 3.8) is 0 Å². The van der Waals surface area contributed by atoms with E-state index in [0.29, 0.717) is 19.4 Å². The van der Waals surface area contributed by atoms with Crippen LogP contribution in [0.15, 0.2) is 6.20 Å². The third-order valence-corrected chi connectivity index (χ3v) is 2.77. The van der Waals surface area contributed by atoms with Gasteiger partial charge in [-0.3, -0.25) is 9.78 Å². The maximum absolute atomic E-state index is 11.7. The smallest absolute Gasteiger partial charge is 0.140 e. The van der Waals surface area contributed by atoms with Gasteiger partial charge in [-0.15, -0.1) is 0 Å². The van der Waals surface area contributed by atoms with E-state index in [2.05, 4.69) is 10.3 Å². The Kier molecular flexibility index (Phi) is 5.10. The van der Waals surface area contributed by atoms with E-state index in [1.807, 2.05) is 20.9 Å². The van der Waals surface area contributed by atoms with Crippen LogP contribution >= 0.6 is 0 Å². The van der Waals surface area contributed by atoms with Gasteiger partial charge in [0.2, 0.25) is 0 Å². The van der Waals surface area contributed by atoms with Crippen LogP contribution < -0.4 is 10.1 Å². The van der Waals surface area contributed by atoms with Crippen LogP contribution in [0.2, 0.25) is 0 Å². The molecule has 4 heteroatoms. The number of rotatable bonds is 6. The van der Waals surface area contributed by atoms with Gasteiger partial charge in [-0.1, -0.05) is 0 Å². The van der Waals surface area contributed by atoms with Crippen molar-refractivity contribution < 1.29 is 9.53 Å². The Balaban J connectivity index is 2.81. The lowest BCUT2D eigenvalue weighted by Gasteiger charge is -2.11. The number of carbonyl (C=O) groups excluding carboxylic acids is 1. The van der Waals surface area contributed by atoms with Crippen molar-refractivity contribution >= 4 is 5.78 Å². The molecule has 0 spiro atoms. The van der Waals surface area contributed by atoms with Crippen LogP contribution in [-0.4, -0.2) is 31.5 Å². The summed E-state index contributed by atoms with van der Waals surface area (Å²) < 4.78 is 5.32. The molecule has 1 N–H and O–H groups in total. The number of ketones is 1. The summed E-state index contributed by atoms with van der Waals surface area (Å²) in [6.45, 7) is 4.60. The summed E-state index contributed by atoms with van der Waals surface area (Å²) in [5.41, 5.74) is 2.77. The molecule has 1 rings (SSSR count). The van der Waals surface area contributed by atoms with Crippen LogP contribution in [0.3, 0.4) is 0 Å². The summed E-state index contributed by atoms with van der Waals surface area (Å²) in [6.07, 6.45) is 2.67. The summed E-state index contributed by atoms with van der Waals surface area (Å²) in [5, 5.41) is 2.96. The molecule has 0 atom stereocenters. The van der Waals surface area contributed by atoms with Gasteiger partial charge in [0.15, 0.2) is 0 Å². The van der Waals surface area contributed by atoms with Crippen molar-refractivity contribution in [1.29, 1.82) is 0 Å². The molecule has 17 heavy (non-hydrogen) atoms. The minimum Gasteiger partial charge on any atom is -0.496 e. The molecule has 0 unspecified atom stereocenters. The first-order valence-corrected chi connectivity index (χ1v) is 5.75. The van der Waals surface area contributed by atoms with Crippen LogP contribution in [0.5, 0.6) is 5.75 Å². The van der Waals surface area contributed by atoms with Gasteiger partial charge in [0.1, 0.15) is 11.5 Å². The zero-order chi connectivity index (χ0) is 12.8. The number of pyridine rings is 1. The molecular formula is C13H20N2O2. The molecule has 0 aliphatic carbocycles. The van der Waals surface area contributed by atoms with E-state index in [-0.39, 0.29) is 5.78 Å². The van der Waals surface area contributed by atoms with Crippen molar-refractivity contribution in [2.75, 3.05) is 20.7 Å². The maximum atomic E-state index is 11.7. The summed E-state index contributed by atoms with van der Waals surface area (Å²) >= 11 is 0. The molecule has 0 aromatic carbocycles. The molecule has 0 saturated heterocycles. The third-order valence-electron chi connectivity index (χ3n) is 2.77. The van der Waals surface area contributed by atoms with Gasteiger partial charge in [0, 0.05) is 36.7 Å². The van der Waals surface area contributed by atoms with Crippen molar-refractivity contribution in [3.05, 3.63) is 23.0 Å². The van der Waals surface area contributed by atoms with E-state index in [4.69, 9.17) is 4.74 Å². The van der Waals surface area contributed by atoms with Crippen LogP contribution in [0, 0.1) is 13.8 Å². The van der Waals surface area contributed by atoms with E-state index >= 15 is 0 Å². The number of hydrogen-bond donors (Lipinski definition) is 1. The second kappa shape index (κ2) is 6.35. The molecule has 4 nitrogen and oxygen atoms in total. The SMILES string of the molecule is CNCCC(=O)Cc1ncc(C)c(OC)c1C. The average molecular weight is 236 g/mol. The normalized spacial score (nSPS) is 10.4. The minimum absolute atomic E-state index is 0.195. The van der Waals surface area contributed by atoms with Crippen LogP contribution in [0.1, 0.15) is 23.2 Å². The molecule has 0 aliphatic rings. The Hall–Kier alpha value is -1.42. The number of ether oxygens (including phenoxy) is 1. The van der Waals surface area contributed by atoms with E-state index in [9.17, 15) is 4.79 Å². The Morgan fingerprint density at radius 1 is 1.47 bits per heavy atom.